The maximum atomic E-state index is 12.5. The van der Waals surface area contributed by atoms with Crippen molar-refractivity contribution in [1.82, 2.24) is 4.90 Å². The number of methoxy groups -OCH3 is 2. The van der Waals surface area contributed by atoms with Gasteiger partial charge in [0.1, 0.15) is 0 Å². The highest BCUT2D eigenvalue weighted by molar-refractivity contribution is 5.83. The van der Waals surface area contributed by atoms with Gasteiger partial charge in [-0.25, -0.2) is 0 Å². The van der Waals surface area contributed by atoms with Gasteiger partial charge in [0, 0.05) is 31.0 Å². The summed E-state index contributed by atoms with van der Waals surface area (Å²) >= 11 is 0. The molecule has 132 valence electrons. The van der Waals surface area contributed by atoms with Crippen LogP contribution in [-0.2, 0) is 11.3 Å². The van der Waals surface area contributed by atoms with E-state index in [0.717, 1.165) is 23.5 Å². The van der Waals surface area contributed by atoms with Gasteiger partial charge in [0.05, 0.1) is 20.8 Å². The first-order chi connectivity index (χ1) is 12.1. The Balaban J connectivity index is 1.66. The van der Waals surface area contributed by atoms with Gasteiger partial charge in [-0.15, -0.1) is 0 Å². The van der Waals surface area contributed by atoms with Crippen LogP contribution in [0.2, 0.25) is 0 Å². The Hall–Kier alpha value is -2.89. The van der Waals surface area contributed by atoms with E-state index in [9.17, 15) is 4.79 Å². The van der Waals surface area contributed by atoms with Crippen LogP contribution in [0.25, 0.3) is 0 Å². The van der Waals surface area contributed by atoms with Crippen LogP contribution in [0.4, 0.5) is 11.4 Å². The molecule has 0 atom stereocenters. The summed E-state index contributed by atoms with van der Waals surface area (Å²) in [4.78, 5) is 16.5. The minimum Gasteiger partial charge on any atom is -0.493 e. The number of nitrogens with zero attached hydrogens (tertiary/aromatic N) is 2. The summed E-state index contributed by atoms with van der Waals surface area (Å²) in [5.41, 5.74) is 8.49. The molecule has 1 fully saturated rings. The summed E-state index contributed by atoms with van der Waals surface area (Å²) in [5, 5.41) is 0. The molecule has 1 aliphatic rings. The van der Waals surface area contributed by atoms with Gasteiger partial charge < -0.3 is 25.0 Å². The summed E-state index contributed by atoms with van der Waals surface area (Å²) in [5.74, 6) is 1.47. The quantitative estimate of drug-likeness (QED) is 0.844. The third-order valence-corrected chi connectivity index (χ3v) is 4.40. The van der Waals surface area contributed by atoms with Crippen molar-refractivity contribution in [3.63, 3.8) is 0 Å². The number of rotatable bonds is 5. The number of anilines is 2. The smallest absolute Gasteiger partial charge is 0.242 e. The minimum absolute atomic E-state index is 0.109. The van der Waals surface area contributed by atoms with Gasteiger partial charge in [-0.3, -0.25) is 4.79 Å². The van der Waals surface area contributed by atoms with Crippen LogP contribution in [0.3, 0.4) is 0 Å². The second-order valence-electron chi connectivity index (χ2n) is 6.02. The number of hydrogen-bond donors (Lipinski definition) is 1. The predicted molar refractivity (Wildman–Crippen MR) is 98.0 cm³/mol. The number of amides is 1. The molecule has 3 rings (SSSR count). The lowest BCUT2D eigenvalue weighted by molar-refractivity contribution is -0.131. The molecule has 0 saturated carbocycles. The van der Waals surface area contributed by atoms with Crippen molar-refractivity contribution in [2.24, 2.45) is 0 Å². The fraction of sp³-hybridized carbons (Fsp3) is 0.316. The molecule has 1 amide bonds. The molecular weight excluding hydrogens is 318 g/mol. The van der Waals surface area contributed by atoms with Gasteiger partial charge in [-0.1, -0.05) is 6.07 Å². The van der Waals surface area contributed by atoms with E-state index in [1.54, 1.807) is 14.2 Å². The molecule has 0 aromatic heterocycles. The fourth-order valence-electron chi connectivity index (χ4n) is 2.98. The summed E-state index contributed by atoms with van der Waals surface area (Å²) in [6.07, 6.45) is 0. The lowest BCUT2D eigenvalue weighted by atomic mass is 10.1. The van der Waals surface area contributed by atoms with Gasteiger partial charge in [0.15, 0.2) is 11.5 Å². The van der Waals surface area contributed by atoms with Crippen LogP contribution in [0.1, 0.15) is 5.56 Å². The Morgan fingerprint density at radius 2 is 1.72 bits per heavy atom. The van der Waals surface area contributed by atoms with E-state index >= 15 is 0 Å². The lowest BCUT2D eigenvalue weighted by Gasteiger charge is -2.35. The molecule has 6 heteroatoms. The SMILES string of the molecule is COc1ccc(CN2CCN(c3ccc(N)cc3)CC2=O)cc1OC. The van der Waals surface area contributed by atoms with Crippen molar-refractivity contribution in [3.05, 3.63) is 48.0 Å². The molecule has 6 nitrogen and oxygen atoms in total. The number of hydrogen-bond acceptors (Lipinski definition) is 5. The maximum Gasteiger partial charge on any atom is 0.242 e. The molecule has 0 radical (unpaired) electrons. The molecule has 25 heavy (non-hydrogen) atoms. The third-order valence-electron chi connectivity index (χ3n) is 4.40. The lowest BCUT2D eigenvalue weighted by Crippen LogP contribution is -2.50. The van der Waals surface area contributed by atoms with Gasteiger partial charge in [0.25, 0.3) is 0 Å². The van der Waals surface area contributed by atoms with Crippen LogP contribution in [-0.4, -0.2) is 44.7 Å². The van der Waals surface area contributed by atoms with Crippen molar-refractivity contribution in [3.8, 4) is 11.5 Å². The first kappa shape index (κ1) is 17.0. The average molecular weight is 341 g/mol. The highest BCUT2D eigenvalue weighted by Gasteiger charge is 2.24. The molecule has 2 aromatic carbocycles. The summed E-state index contributed by atoms with van der Waals surface area (Å²) in [6.45, 7) is 2.41. The number of carbonyl (C=O) groups excluding carboxylic acids is 1. The minimum atomic E-state index is 0.109. The average Bonchev–Trinajstić information content (AvgIpc) is 2.64. The first-order valence-electron chi connectivity index (χ1n) is 8.20. The number of ether oxygens (including phenoxy) is 2. The van der Waals surface area contributed by atoms with Gasteiger partial charge in [0.2, 0.25) is 5.91 Å². The monoisotopic (exact) mass is 341 g/mol. The molecular formula is C19H23N3O3. The van der Waals surface area contributed by atoms with Crippen molar-refractivity contribution in [2.75, 3.05) is 44.5 Å². The summed E-state index contributed by atoms with van der Waals surface area (Å²) < 4.78 is 10.6. The van der Waals surface area contributed by atoms with Crippen LogP contribution in [0.15, 0.2) is 42.5 Å². The molecule has 0 spiro atoms. The summed E-state index contributed by atoms with van der Waals surface area (Å²) in [7, 11) is 3.22. The third kappa shape index (κ3) is 3.79. The Morgan fingerprint density at radius 1 is 1.00 bits per heavy atom. The number of nitrogen functional groups attached to an aromatic ring is 1. The van der Waals surface area contributed by atoms with Crippen LogP contribution < -0.4 is 20.1 Å². The van der Waals surface area contributed by atoms with E-state index in [1.165, 1.54) is 0 Å². The highest BCUT2D eigenvalue weighted by Crippen LogP contribution is 2.28. The Morgan fingerprint density at radius 3 is 2.36 bits per heavy atom. The van der Waals surface area contributed by atoms with E-state index in [2.05, 4.69) is 4.90 Å². The zero-order chi connectivity index (χ0) is 17.8. The zero-order valence-corrected chi connectivity index (χ0v) is 14.6. The van der Waals surface area contributed by atoms with Crippen molar-refractivity contribution in [1.29, 1.82) is 0 Å². The number of piperazine rings is 1. The number of nitrogens with two attached hydrogens (primary N) is 1. The standard InChI is InChI=1S/C19H23N3O3/c1-24-17-8-3-14(11-18(17)25-2)12-22-10-9-21(13-19(22)23)16-6-4-15(20)5-7-16/h3-8,11H,9-10,12-13,20H2,1-2H3. The van der Waals surface area contributed by atoms with E-state index in [1.807, 2.05) is 47.4 Å². The normalized spacial score (nSPS) is 14.6. The maximum absolute atomic E-state index is 12.5. The highest BCUT2D eigenvalue weighted by atomic mass is 16.5. The second kappa shape index (κ2) is 7.34. The van der Waals surface area contributed by atoms with Gasteiger partial charge in [-0.05, 0) is 42.0 Å². The van der Waals surface area contributed by atoms with E-state index < -0.39 is 0 Å². The Kier molecular flexibility index (Phi) is 4.97. The number of benzene rings is 2. The van der Waals surface area contributed by atoms with E-state index in [4.69, 9.17) is 15.2 Å². The fourth-order valence-corrected chi connectivity index (χ4v) is 2.98. The molecule has 1 heterocycles. The van der Waals surface area contributed by atoms with Gasteiger partial charge in [-0.2, -0.15) is 0 Å². The first-order valence-corrected chi connectivity index (χ1v) is 8.20. The Labute approximate surface area is 147 Å². The van der Waals surface area contributed by atoms with E-state index in [0.29, 0.717) is 31.1 Å². The molecule has 1 aliphatic heterocycles. The zero-order valence-electron chi connectivity index (χ0n) is 14.6. The van der Waals surface area contributed by atoms with Crippen molar-refractivity contribution >= 4 is 17.3 Å². The van der Waals surface area contributed by atoms with Crippen LogP contribution >= 0.6 is 0 Å². The van der Waals surface area contributed by atoms with E-state index in [-0.39, 0.29) is 5.91 Å². The Bertz CT molecular complexity index is 746. The van der Waals surface area contributed by atoms with Crippen LogP contribution in [0.5, 0.6) is 11.5 Å². The molecule has 0 bridgehead atoms. The van der Waals surface area contributed by atoms with Crippen molar-refractivity contribution in [2.45, 2.75) is 6.54 Å². The molecule has 2 aromatic rings. The van der Waals surface area contributed by atoms with Gasteiger partial charge >= 0.3 is 0 Å². The molecule has 0 aliphatic carbocycles. The molecule has 1 saturated heterocycles. The molecule has 0 unspecified atom stereocenters. The van der Waals surface area contributed by atoms with Crippen LogP contribution in [0, 0.1) is 0 Å². The molecule has 2 N–H and O–H groups in total. The summed E-state index contributed by atoms with van der Waals surface area (Å²) in [6, 6.07) is 13.4. The van der Waals surface area contributed by atoms with Crippen molar-refractivity contribution < 1.29 is 14.3 Å². The topological polar surface area (TPSA) is 68.0 Å². The number of carbonyl (C=O) groups is 1. The predicted octanol–water partition coefficient (Wildman–Crippen LogP) is 2.13. The largest absolute Gasteiger partial charge is 0.493 e. The second-order valence-corrected chi connectivity index (χ2v) is 6.02.